The van der Waals surface area contributed by atoms with E-state index in [1.807, 2.05) is 0 Å². The van der Waals surface area contributed by atoms with Gasteiger partial charge in [-0.25, -0.2) is 0 Å². The molecule has 0 spiro atoms. The maximum atomic E-state index is 12.5. The summed E-state index contributed by atoms with van der Waals surface area (Å²) in [5.41, 5.74) is 1.52. The summed E-state index contributed by atoms with van der Waals surface area (Å²) >= 11 is 0. The van der Waals surface area contributed by atoms with Crippen LogP contribution in [0.25, 0.3) is 0 Å². The number of hydrogen-bond donors (Lipinski definition) is 2. The maximum Gasteiger partial charge on any atom is 0.227 e. The number of carbonyl (C=O) groups is 1. The zero-order valence-corrected chi connectivity index (χ0v) is 13.8. The summed E-state index contributed by atoms with van der Waals surface area (Å²) in [6, 6.07) is 7.14. The molecule has 1 fully saturated rings. The van der Waals surface area contributed by atoms with Crippen LogP contribution in [0.1, 0.15) is 18.4 Å². The Hall–Kier alpha value is -1.47. The van der Waals surface area contributed by atoms with E-state index in [0.717, 1.165) is 5.56 Å². The highest BCUT2D eigenvalue weighted by Crippen LogP contribution is 2.31. The van der Waals surface area contributed by atoms with Crippen molar-refractivity contribution < 1.29 is 24.1 Å². The van der Waals surface area contributed by atoms with E-state index in [-0.39, 0.29) is 36.7 Å². The van der Waals surface area contributed by atoms with Gasteiger partial charge in [0.1, 0.15) is 6.10 Å². The predicted molar refractivity (Wildman–Crippen MR) is 86.1 cm³/mol. The van der Waals surface area contributed by atoms with Crippen molar-refractivity contribution in [1.82, 2.24) is 0 Å². The topological polar surface area (TPSA) is 77.0 Å². The second-order valence-corrected chi connectivity index (χ2v) is 5.76. The van der Waals surface area contributed by atoms with Crippen molar-refractivity contribution in [3.63, 3.8) is 0 Å². The molecule has 0 heterocycles. The van der Waals surface area contributed by atoms with Gasteiger partial charge in [-0.15, -0.1) is 0 Å². The molecule has 0 saturated heterocycles. The van der Waals surface area contributed by atoms with Gasteiger partial charge < -0.3 is 24.6 Å². The molecule has 2 atom stereocenters. The molecule has 1 aliphatic carbocycles. The van der Waals surface area contributed by atoms with Crippen LogP contribution in [0.2, 0.25) is 0 Å². The number of amides is 1. The van der Waals surface area contributed by atoms with Crippen molar-refractivity contribution in [1.29, 1.82) is 0 Å². The second kappa shape index (κ2) is 8.40. The summed E-state index contributed by atoms with van der Waals surface area (Å²) in [6.45, 7) is -0.0136. The third-order valence-corrected chi connectivity index (χ3v) is 4.42. The molecule has 1 aromatic carbocycles. The van der Waals surface area contributed by atoms with Gasteiger partial charge in [0.2, 0.25) is 5.91 Å². The fraction of sp³-hybridized carbons (Fsp3) is 0.588. The first-order chi connectivity index (χ1) is 11.1. The van der Waals surface area contributed by atoms with Crippen molar-refractivity contribution in [3.05, 3.63) is 29.8 Å². The Labute approximate surface area is 136 Å². The second-order valence-electron chi connectivity index (χ2n) is 5.76. The number of aliphatic hydroxyl groups excluding tert-OH is 1. The van der Waals surface area contributed by atoms with Crippen molar-refractivity contribution in [2.24, 2.45) is 5.92 Å². The SMILES string of the molecule is COC1CC(C(=O)Nc2ccc(CO)cc2)CC(OC)C1OC. The van der Waals surface area contributed by atoms with Gasteiger partial charge in [-0.3, -0.25) is 4.79 Å². The van der Waals surface area contributed by atoms with Gasteiger partial charge >= 0.3 is 0 Å². The normalized spacial score (nSPS) is 27.7. The molecule has 23 heavy (non-hydrogen) atoms. The number of anilines is 1. The minimum Gasteiger partial charge on any atom is -0.392 e. The van der Waals surface area contributed by atoms with Crippen LogP contribution in [0.5, 0.6) is 0 Å². The van der Waals surface area contributed by atoms with E-state index in [4.69, 9.17) is 19.3 Å². The number of rotatable bonds is 6. The smallest absolute Gasteiger partial charge is 0.227 e. The van der Waals surface area contributed by atoms with E-state index >= 15 is 0 Å². The average molecular weight is 323 g/mol. The first kappa shape index (κ1) is 17.9. The van der Waals surface area contributed by atoms with E-state index in [0.29, 0.717) is 18.5 Å². The van der Waals surface area contributed by atoms with Gasteiger partial charge in [0.25, 0.3) is 0 Å². The standard InChI is InChI=1S/C17H25NO5/c1-21-14-8-12(9-15(22-2)16(14)23-3)17(20)18-13-6-4-11(10-19)5-7-13/h4-7,12,14-16,19H,8-10H2,1-3H3,(H,18,20). The van der Waals surface area contributed by atoms with Crippen LogP contribution < -0.4 is 5.32 Å². The lowest BCUT2D eigenvalue weighted by atomic mass is 9.82. The molecule has 2 N–H and O–H groups in total. The van der Waals surface area contributed by atoms with Crippen LogP contribution in [-0.4, -0.2) is 50.7 Å². The van der Waals surface area contributed by atoms with Gasteiger partial charge in [-0.05, 0) is 30.5 Å². The van der Waals surface area contributed by atoms with E-state index in [1.54, 1.807) is 45.6 Å². The first-order valence-electron chi connectivity index (χ1n) is 7.72. The summed E-state index contributed by atoms with van der Waals surface area (Å²) in [5, 5.41) is 12.0. The molecule has 6 heteroatoms. The summed E-state index contributed by atoms with van der Waals surface area (Å²) in [5.74, 6) is -0.255. The van der Waals surface area contributed by atoms with Crippen LogP contribution in [0.3, 0.4) is 0 Å². The lowest BCUT2D eigenvalue weighted by Crippen LogP contribution is -2.49. The van der Waals surface area contributed by atoms with Gasteiger partial charge in [0.15, 0.2) is 0 Å². The highest BCUT2D eigenvalue weighted by Gasteiger charge is 2.41. The quantitative estimate of drug-likeness (QED) is 0.831. The number of benzene rings is 1. The van der Waals surface area contributed by atoms with Gasteiger partial charge in [-0.1, -0.05) is 12.1 Å². The molecular formula is C17H25NO5. The van der Waals surface area contributed by atoms with E-state index < -0.39 is 0 Å². The zero-order valence-electron chi connectivity index (χ0n) is 13.8. The molecule has 6 nitrogen and oxygen atoms in total. The number of methoxy groups -OCH3 is 3. The average Bonchev–Trinajstić information content (AvgIpc) is 2.60. The summed E-state index contributed by atoms with van der Waals surface area (Å²) < 4.78 is 16.4. The lowest BCUT2D eigenvalue weighted by Gasteiger charge is -2.38. The summed E-state index contributed by atoms with van der Waals surface area (Å²) in [7, 11) is 4.88. The van der Waals surface area contributed by atoms with Crippen molar-refractivity contribution in [2.75, 3.05) is 26.6 Å². The number of ether oxygens (including phenoxy) is 3. The predicted octanol–water partition coefficient (Wildman–Crippen LogP) is 1.57. The summed E-state index contributed by atoms with van der Waals surface area (Å²) in [6.07, 6.45) is 0.667. The highest BCUT2D eigenvalue weighted by atomic mass is 16.6. The molecule has 2 rings (SSSR count). The van der Waals surface area contributed by atoms with Crippen LogP contribution in [0, 0.1) is 5.92 Å². The number of aliphatic hydroxyl groups is 1. The monoisotopic (exact) mass is 323 g/mol. The molecular weight excluding hydrogens is 298 g/mol. The zero-order chi connectivity index (χ0) is 16.8. The molecule has 1 aromatic rings. The molecule has 1 aliphatic rings. The van der Waals surface area contributed by atoms with Crippen LogP contribution in [0.15, 0.2) is 24.3 Å². The number of hydrogen-bond acceptors (Lipinski definition) is 5. The first-order valence-corrected chi connectivity index (χ1v) is 7.72. The van der Waals surface area contributed by atoms with Crippen molar-refractivity contribution >= 4 is 11.6 Å². The molecule has 0 aliphatic heterocycles. The minimum absolute atomic E-state index is 0.0136. The maximum absolute atomic E-state index is 12.5. The molecule has 1 saturated carbocycles. The van der Waals surface area contributed by atoms with Gasteiger partial charge in [0.05, 0.1) is 18.8 Å². The Kier molecular flexibility index (Phi) is 6.53. The van der Waals surface area contributed by atoms with Gasteiger partial charge in [-0.2, -0.15) is 0 Å². The van der Waals surface area contributed by atoms with E-state index in [1.165, 1.54) is 0 Å². The fourth-order valence-corrected chi connectivity index (χ4v) is 3.08. The van der Waals surface area contributed by atoms with Gasteiger partial charge in [0, 0.05) is 32.9 Å². The minimum atomic E-state index is -0.200. The third-order valence-electron chi connectivity index (χ3n) is 4.42. The number of nitrogens with one attached hydrogen (secondary N) is 1. The Morgan fingerprint density at radius 3 is 2.09 bits per heavy atom. The Balaban J connectivity index is 2.03. The largest absolute Gasteiger partial charge is 0.392 e. The highest BCUT2D eigenvalue weighted by molar-refractivity contribution is 5.92. The van der Waals surface area contributed by atoms with Crippen molar-refractivity contribution in [2.45, 2.75) is 37.8 Å². The molecule has 0 radical (unpaired) electrons. The molecule has 2 unspecified atom stereocenters. The Morgan fingerprint density at radius 1 is 1.09 bits per heavy atom. The Bertz CT molecular complexity index is 490. The fourth-order valence-electron chi connectivity index (χ4n) is 3.08. The molecule has 1 amide bonds. The molecule has 128 valence electrons. The Morgan fingerprint density at radius 2 is 1.65 bits per heavy atom. The van der Waals surface area contributed by atoms with Crippen LogP contribution in [0.4, 0.5) is 5.69 Å². The van der Waals surface area contributed by atoms with E-state index in [9.17, 15) is 4.79 Å². The number of carbonyl (C=O) groups excluding carboxylic acids is 1. The van der Waals surface area contributed by atoms with E-state index in [2.05, 4.69) is 5.32 Å². The molecule has 0 bridgehead atoms. The molecule has 0 aromatic heterocycles. The lowest BCUT2D eigenvalue weighted by molar-refractivity contribution is -0.150. The van der Waals surface area contributed by atoms with Crippen molar-refractivity contribution in [3.8, 4) is 0 Å². The van der Waals surface area contributed by atoms with Crippen LogP contribution >= 0.6 is 0 Å². The van der Waals surface area contributed by atoms with Crippen LogP contribution in [-0.2, 0) is 25.6 Å². The summed E-state index contributed by atoms with van der Waals surface area (Å²) in [4.78, 5) is 12.5. The third kappa shape index (κ3) is 4.29.